The van der Waals surface area contributed by atoms with E-state index < -0.39 is 10.8 Å². The Morgan fingerprint density at radius 3 is 2.77 bits per heavy atom. The normalized spacial score (nSPS) is 10.5. The van der Waals surface area contributed by atoms with Crippen molar-refractivity contribution in [2.75, 3.05) is 24.8 Å². The van der Waals surface area contributed by atoms with E-state index in [1.165, 1.54) is 25.3 Å². The molecule has 0 aliphatic rings. The minimum Gasteiger partial charge on any atom is -0.495 e. The Morgan fingerprint density at radius 1 is 1.23 bits per heavy atom. The summed E-state index contributed by atoms with van der Waals surface area (Å²) < 4.78 is 16.3. The molecule has 1 N–H and O–H groups in total. The van der Waals surface area contributed by atoms with Gasteiger partial charge in [0.1, 0.15) is 11.5 Å². The van der Waals surface area contributed by atoms with Crippen LogP contribution in [-0.4, -0.2) is 40.5 Å². The standard InChI is InChI=1S/C19H18N4O6S/c1-3-28-15-7-5-4-6-13(15)18-21-22-19(29-18)30-11-17(24)20-14-10-12(23(25)26)8-9-16(14)27-2/h4-10H,3,11H2,1-2H3,(H,20,24). The van der Waals surface area contributed by atoms with Crippen molar-refractivity contribution in [1.29, 1.82) is 0 Å². The second-order valence-electron chi connectivity index (χ2n) is 5.78. The molecule has 156 valence electrons. The molecule has 2 aromatic carbocycles. The van der Waals surface area contributed by atoms with Crippen molar-refractivity contribution in [3.8, 4) is 23.0 Å². The van der Waals surface area contributed by atoms with Gasteiger partial charge in [0.25, 0.3) is 16.8 Å². The summed E-state index contributed by atoms with van der Waals surface area (Å²) in [6, 6.07) is 11.2. The van der Waals surface area contributed by atoms with Gasteiger partial charge in [0.2, 0.25) is 5.91 Å². The Morgan fingerprint density at radius 2 is 2.03 bits per heavy atom. The lowest BCUT2D eigenvalue weighted by molar-refractivity contribution is -0.384. The van der Waals surface area contributed by atoms with Crippen molar-refractivity contribution in [1.82, 2.24) is 10.2 Å². The van der Waals surface area contributed by atoms with Gasteiger partial charge in [0, 0.05) is 12.1 Å². The first-order chi connectivity index (χ1) is 14.5. The SMILES string of the molecule is CCOc1ccccc1-c1nnc(SCC(=O)Nc2cc([N+](=O)[O-])ccc2OC)o1. The smallest absolute Gasteiger partial charge is 0.277 e. The Hall–Kier alpha value is -3.60. The summed E-state index contributed by atoms with van der Waals surface area (Å²) >= 11 is 1.04. The number of ether oxygens (including phenoxy) is 2. The number of nitrogens with zero attached hydrogens (tertiary/aromatic N) is 3. The maximum absolute atomic E-state index is 12.3. The number of carbonyl (C=O) groups excluding carboxylic acids is 1. The third-order valence-electron chi connectivity index (χ3n) is 3.82. The van der Waals surface area contributed by atoms with Crippen LogP contribution in [0.1, 0.15) is 6.92 Å². The van der Waals surface area contributed by atoms with E-state index in [4.69, 9.17) is 13.9 Å². The number of benzene rings is 2. The lowest BCUT2D eigenvalue weighted by Gasteiger charge is -2.09. The molecular weight excluding hydrogens is 412 g/mol. The fourth-order valence-electron chi connectivity index (χ4n) is 2.52. The lowest BCUT2D eigenvalue weighted by atomic mass is 10.2. The van der Waals surface area contributed by atoms with Gasteiger partial charge in [-0.2, -0.15) is 0 Å². The first kappa shape index (κ1) is 21.1. The van der Waals surface area contributed by atoms with E-state index in [1.54, 1.807) is 12.1 Å². The van der Waals surface area contributed by atoms with Gasteiger partial charge in [0.05, 0.1) is 35.6 Å². The van der Waals surface area contributed by atoms with Gasteiger partial charge in [-0.05, 0) is 25.1 Å². The zero-order chi connectivity index (χ0) is 21.5. The highest BCUT2D eigenvalue weighted by Crippen LogP contribution is 2.31. The predicted octanol–water partition coefficient (Wildman–Crippen LogP) is 3.78. The number of anilines is 1. The number of rotatable bonds is 9. The number of methoxy groups -OCH3 is 1. The lowest BCUT2D eigenvalue weighted by Crippen LogP contribution is -2.14. The van der Waals surface area contributed by atoms with Crippen LogP contribution in [0, 0.1) is 10.1 Å². The molecule has 0 saturated carbocycles. The number of thioether (sulfide) groups is 1. The van der Waals surface area contributed by atoms with Gasteiger partial charge in [-0.25, -0.2) is 0 Å². The number of aromatic nitrogens is 2. The van der Waals surface area contributed by atoms with E-state index in [-0.39, 0.29) is 28.2 Å². The molecule has 1 aromatic heterocycles. The highest BCUT2D eigenvalue weighted by atomic mass is 32.2. The molecule has 0 aliphatic carbocycles. The predicted molar refractivity (Wildman–Crippen MR) is 110 cm³/mol. The van der Waals surface area contributed by atoms with Gasteiger partial charge in [-0.15, -0.1) is 10.2 Å². The van der Waals surface area contributed by atoms with Crippen molar-refractivity contribution < 1.29 is 23.6 Å². The van der Waals surface area contributed by atoms with Crippen LogP contribution in [-0.2, 0) is 4.79 Å². The molecule has 3 aromatic rings. The third kappa shape index (κ3) is 5.06. The maximum atomic E-state index is 12.3. The number of hydrogen-bond acceptors (Lipinski definition) is 9. The van der Waals surface area contributed by atoms with E-state index in [2.05, 4.69) is 15.5 Å². The molecular formula is C19H18N4O6S. The van der Waals surface area contributed by atoms with E-state index in [0.717, 1.165) is 11.8 Å². The number of nitro groups is 1. The largest absolute Gasteiger partial charge is 0.495 e. The minimum absolute atomic E-state index is 0.0411. The molecule has 10 nitrogen and oxygen atoms in total. The van der Waals surface area contributed by atoms with Crippen molar-refractivity contribution in [3.05, 3.63) is 52.6 Å². The zero-order valence-corrected chi connectivity index (χ0v) is 17.0. The number of nitro benzene ring substituents is 1. The Balaban J connectivity index is 1.65. The van der Waals surface area contributed by atoms with Crippen LogP contribution in [0.2, 0.25) is 0 Å². The van der Waals surface area contributed by atoms with Gasteiger partial charge < -0.3 is 19.2 Å². The monoisotopic (exact) mass is 430 g/mol. The minimum atomic E-state index is -0.552. The van der Waals surface area contributed by atoms with Crippen LogP contribution in [0.25, 0.3) is 11.5 Å². The number of non-ortho nitro benzene ring substituents is 1. The summed E-state index contributed by atoms with van der Waals surface area (Å²) in [5.41, 5.74) is 0.701. The average Bonchev–Trinajstić information content (AvgIpc) is 3.21. The second kappa shape index (κ2) is 9.74. The number of hydrogen-bond donors (Lipinski definition) is 1. The summed E-state index contributed by atoms with van der Waals surface area (Å²) in [6.45, 7) is 2.37. The van der Waals surface area contributed by atoms with Crippen molar-refractivity contribution in [3.63, 3.8) is 0 Å². The molecule has 0 radical (unpaired) electrons. The van der Waals surface area contributed by atoms with Gasteiger partial charge in [0.15, 0.2) is 0 Å². The molecule has 0 saturated heterocycles. The van der Waals surface area contributed by atoms with E-state index in [0.29, 0.717) is 23.7 Å². The van der Waals surface area contributed by atoms with Crippen molar-refractivity contribution >= 4 is 29.0 Å². The van der Waals surface area contributed by atoms with Crippen LogP contribution in [0.5, 0.6) is 11.5 Å². The molecule has 0 spiro atoms. The fourth-order valence-corrected chi connectivity index (χ4v) is 3.09. The summed E-state index contributed by atoms with van der Waals surface area (Å²) in [6.07, 6.45) is 0. The van der Waals surface area contributed by atoms with E-state index >= 15 is 0 Å². The quantitative estimate of drug-likeness (QED) is 0.306. The number of carbonyl (C=O) groups is 1. The number of para-hydroxylation sites is 1. The summed E-state index contributed by atoms with van der Waals surface area (Å²) in [4.78, 5) is 22.7. The molecule has 0 unspecified atom stereocenters. The molecule has 0 aliphatic heterocycles. The zero-order valence-electron chi connectivity index (χ0n) is 16.2. The van der Waals surface area contributed by atoms with Gasteiger partial charge in [-0.3, -0.25) is 14.9 Å². The highest BCUT2D eigenvalue weighted by Gasteiger charge is 2.17. The molecule has 1 heterocycles. The number of nitrogens with one attached hydrogen (secondary N) is 1. The highest BCUT2D eigenvalue weighted by molar-refractivity contribution is 7.99. The van der Waals surface area contributed by atoms with Crippen LogP contribution in [0.15, 0.2) is 52.1 Å². The molecule has 1 amide bonds. The molecule has 0 fully saturated rings. The van der Waals surface area contributed by atoms with Crippen LogP contribution in [0.4, 0.5) is 11.4 Å². The maximum Gasteiger partial charge on any atom is 0.277 e. The Kier molecular flexibility index (Phi) is 6.86. The molecule has 0 atom stereocenters. The van der Waals surface area contributed by atoms with Crippen LogP contribution < -0.4 is 14.8 Å². The van der Waals surface area contributed by atoms with Crippen LogP contribution in [0.3, 0.4) is 0 Å². The van der Waals surface area contributed by atoms with Crippen LogP contribution >= 0.6 is 11.8 Å². The van der Waals surface area contributed by atoms with E-state index in [9.17, 15) is 14.9 Å². The third-order valence-corrected chi connectivity index (χ3v) is 4.64. The summed E-state index contributed by atoms with van der Waals surface area (Å²) in [7, 11) is 1.41. The summed E-state index contributed by atoms with van der Waals surface area (Å²) in [5, 5.41) is 21.7. The van der Waals surface area contributed by atoms with Crippen molar-refractivity contribution in [2.24, 2.45) is 0 Å². The first-order valence-electron chi connectivity index (χ1n) is 8.82. The molecule has 11 heteroatoms. The first-order valence-corrected chi connectivity index (χ1v) is 9.81. The Labute approximate surface area is 175 Å². The fraction of sp³-hybridized carbons (Fsp3) is 0.211. The summed E-state index contributed by atoms with van der Waals surface area (Å²) in [5.74, 6) is 0.762. The van der Waals surface area contributed by atoms with Crippen molar-refractivity contribution in [2.45, 2.75) is 12.1 Å². The topological polar surface area (TPSA) is 130 Å². The van der Waals surface area contributed by atoms with Gasteiger partial charge >= 0.3 is 0 Å². The average molecular weight is 430 g/mol. The van der Waals surface area contributed by atoms with E-state index in [1.807, 2.05) is 19.1 Å². The number of amides is 1. The molecule has 30 heavy (non-hydrogen) atoms. The molecule has 3 rings (SSSR count). The van der Waals surface area contributed by atoms with Gasteiger partial charge in [-0.1, -0.05) is 23.9 Å². The Bertz CT molecular complexity index is 1060. The molecule has 0 bridgehead atoms. The second-order valence-corrected chi connectivity index (χ2v) is 6.71.